The average molecular weight is 216 g/mol. The standard InChI is InChI=1S/C13H16N2O/c1-9-8-10(2)15(14-9)13-7-5-4-6-12(13)11(3)16/h4-8,11,16H,1-3H3/t11-/m0/s1. The summed E-state index contributed by atoms with van der Waals surface area (Å²) in [7, 11) is 0. The molecule has 0 saturated heterocycles. The second kappa shape index (κ2) is 4.10. The van der Waals surface area contributed by atoms with Crippen molar-refractivity contribution in [1.82, 2.24) is 9.78 Å². The second-order valence-corrected chi connectivity index (χ2v) is 4.07. The van der Waals surface area contributed by atoms with E-state index in [0.717, 1.165) is 22.6 Å². The third kappa shape index (κ3) is 1.86. The molecule has 1 heterocycles. The van der Waals surface area contributed by atoms with E-state index in [2.05, 4.69) is 5.10 Å². The van der Waals surface area contributed by atoms with Crippen LogP contribution in [-0.4, -0.2) is 14.9 Å². The molecule has 16 heavy (non-hydrogen) atoms. The maximum atomic E-state index is 9.72. The summed E-state index contributed by atoms with van der Waals surface area (Å²) in [5.41, 5.74) is 3.90. The molecule has 0 spiro atoms. The molecule has 1 aromatic carbocycles. The first kappa shape index (κ1) is 10.9. The van der Waals surface area contributed by atoms with Gasteiger partial charge in [-0.3, -0.25) is 0 Å². The van der Waals surface area contributed by atoms with Gasteiger partial charge in [-0.25, -0.2) is 4.68 Å². The minimum Gasteiger partial charge on any atom is -0.389 e. The van der Waals surface area contributed by atoms with E-state index in [4.69, 9.17) is 0 Å². The summed E-state index contributed by atoms with van der Waals surface area (Å²) >= 11 is 0. The molecule has 0 unspecified atom stereocenters. The number of hydrogen-bond acceptors (Lipinski definition) is 2. The van der Waals surface area contributed by atoms with Gasteiger partial charge in [0.1, 0.15) is 0 Å². The van der Waals surface area contributed by atoms with Gasteiger partial charge in [0.25, 0.3) is 0 Å². The van der Waals surface area contributed by atoms with E-state index < -0.39 is 6.10 Å². The number of rotatable bonds is 2. The largest absolute Gasteiger partial charge is 0.389 e. The van der Waals surface area contributed by atoms with Crippen molar-refractivity contribution in [2.24, 2.45) is 0 Å². The highest BCUT2D eigenvalue weighted by atomic mass is 16.3. The molecule has 3 heteroatoms. The first-order valence-electron chi connectivity index (χ1n) is 5.40. The fourth-order valence-electron chi connectivity index (χ4n) is 1.91. The van der Waals surface area contributed by atoms with Crippen LogP contribution in [0.1, 0.15) is 30.0 Å². The van der Waals surface area contributed by atoms with E-state index in [-0.39, 0.29) is 0 Å². The Morgan fingerprint density at radius 2 is 1.94 bits per heavy atom. The van der Waals surface area contributed by atoms with Gasteiger partial charge in [-0.05, 0) is 32.9 Å². The molecule has 1 aromatic heterocycles. The Kier molecular flexibility index (Phi) is 2.79. The lowest BCUT2D eigenvalue weighted by molar-refractivity contribution is 0.199. The van der Waals surface area contributed by atoms with Crippen LogP contribution >= 0.6 is 0 Å². The Hall–Kier alpha value is -1.61. The lowest BCUT2D eigenvalue weighted by atomic mass is 10.1. The van der Waals surface area contributed by atoms with Gasteiger partial charge in [0.15, 0.2) is 0 Å². The Morgan fingerprint density at radius 3 is 2.50 bits per heavy atom. The van der Waals surface area contributed by atoms with Crippen molar-refractivity contribution in [3.63, 3.8) is 0 Å². The Bertz CT molecular complexity index is 500. The fraction of sp³-hybridized carbons (Fsp3) is 0.308. The molecule has 0 aliphatic heterocycles. The minimum absolute atomic E-state index is 0.486. The molecule has 0 fully saturated rings. The molecular formula is C13H16N2O. The molecule has 2 rings (SSSR count). The second-order valence-electron chi connectivity index (χ2n) is 4.07. The maximum Gasteiger partial charge on any atom is 0.0782 e. The summed E-state index contributed by atoms with van der Waals surface area (Å²) in [6.07, 6.45) is -0.486. The Balaban J connectivity index is 2.59. The van der Waals surface area contributed by atoms with E-state index in [1.165, 1.54) is 0 Å². The van der Waals surface area contributed by atoms with E-state index in [1.807, 2.05) is 48.9 Å². The highest BCUT2D eigenvalue weighted by Gasteiger charge is 2.11. The summed E-state index contributed by atoms with van der Waals surface area (Å²) in [6.45, 7) is 5.75. The molecule has 0 aliphatic carbocycles. The third-order valence-corrected chi connectivity index (χ3v) is 2.62. The number of hydrogen-bond donors (Lipinski definition) is 1. The summed E-state index contributed by atoms with van der Waals surface area (Å²) in [6, 6.07) is 9.81. The van der Waals surface area contributed by atoms with Crippen molar-refractivity contribution < 1.29 is 5.11 Å². The van der Waals surface area contributed by atoms with Crippen LogP contribution in [0.25, 0.3) is 5.69 Å². The smallest absolute Gasteiger partial charge is 0.0782 e. The topological polar surface area (TPSA) is 38.0 Å². The number of benzene rings is 1. The zero-order valence-corrected chi connectivity index (χ0v) is 9.81. The van der Waals surface area contributed by atoms with E-state index in [1.54, 1.807) is 6.92 Å². The quantitative estimate of drug-likeness (QED) is 0.837. The predicted octanol–water partition coefficient (Wildman–Crippen LogP) is 2.54. The average Bonchev–Trinajstić information content (AvgIpc) is 2.57. The van der Waals surface area contributed by atoms with Crippen LogP contribution in [-0.2, 0) is 0 Å². The van der Waals surface area contributed by atoms with Crippen LogP contribution in [0.3, 0.4) is 0 Å². The molecule has 1 atom stereocenters. The molecule has 0 amide bonds. The zero-order chi connectivity index (χ0) is 11.7. The molecule has 0 radical (unpaired) electrons. The monoisotopic (exact) mass is 216 g/mol. The molecule has 3 nitrogen and oxygen atoms in total. The molecular weight excluding hydrogens is 200 g/mol. The molecule has 84 valence electrons. The summed E-state index contributed by atoms with van der Waals surface area (Å²) < 4.78 is 1.87. The van der Waals surface area contributed by atoms with Crippen LogP contribution in [0.5, 0.6) is 0 Å². The van der Waals surface area contributed by atoms with Crippen molar-refractivity contribution in [3.05, 3.63) is 47.3 Å². The maximum absolute atomic E-state index is 9.72. The van der Waals surface area contributed by atoms with Crippen molar-refractivity contribution in [3.8, 4) is 5.69 Å². The van der Waals surface area contributed by atoms with E-state index in [0.29, 0.717) is 0 Å². The number of aromatic nitrogens is 2. The Morgan fingerprint density at radius 1 is 1.25 bits per heavy atom. The molecule has 0 saturated carbocycles. The van der Waals surface area contributed by atoms with Crippen molar-refractivity contribution >= 4 is 0 Å². The Labute approximate surface area is 95.3 Å². The van der Waals surface area contributed by atoms with Gasteiger partial charge in [0.2, 0.25) is 0 Å². The van der Waals surface area contributed by atoms with Crippen molar-refractivity contribution in [2.45, 2.75) is 26.9 Å². The number of aryl methyl sites for hydroxylation is 2. The lowest BCUT2D eigenvalue weighted by Gasteiger charge is -2.12. The SMILES string of the molecule is Cc1cc(C)n(-c2ccccc2[C@H](C)O)n1. The van der Waals surface area contributed by atoms with Crippen molar-refractivity contribution in [2.75, 3.05) is 0 Å². The lowest BCUT2D eigenvalue weighted by Crippen LogP contribution is -2.05. The van der Waals surface area contributed by atoms with Gasteiger partial charge in [-0.2, -0.15) is 5.10 Å². The summed E-state index contributed by atoms with van der Waals surface area (Å²) in [4.78, 5) is 0. The van der Waals surface area contributed by atoms with Gasteiger partial charge < -0.3 is 5.11 Å². The number of para-hydroxylation sites is 1. The van der Waals surface area contributed by atoms with Crippen LogP contribution < -0.4 is 0 Å². The first-order valence-corrected chi connectivity index (χ1v) is 5.40. The summed E-state index contributed by atoms with van der Waals surface area (Å²) in [5, 5.41) is 14.2. The zero-order valence-electron chi connectivity index (χ0n) is 9.81. The predicted molar refractivity (Wildman–Crippen MR) is 63.7 cm³/mol. The van der Waals surface area contributed by atoms with Gasteiger partial charge in [-0.1, -0.05) is 18.2 Å². The summed E-state index contributed by atoms with van der Waals surface area (Å²) in [5.74, 6) is 0. The van der Waals surface area contributed by atoms with Crippen LogP contribution in [0, 0.1) is 13.8 Å². The molecule has 0 bridgehead atoms. The minimum atomic E-state index is -0.486. The van der Waals surface area contributed by atoms with Gasteiger partial charge in [0, 0.05) is 11.3 Å². The molecule has 2 aromatic rings. The van der Waals surface area contributed by atoms with Crippen LogP contribution in [0.2, 0.25) is 0 Å². The number of aliphatic hydroxyl groups is 1. The molecule has 0 aliphatic rings. The van der Waals surface area contributed by atoms with Gasteiger partial charge >= 0.3 is 0 Å². The molecule has 1 N–H and O–H groups in total. The van der Waals surface area contributed by atoms with Crippen LogP contribution in [0.4, 0.5) is 0 Å². The highest BCUT2D eigenvalue weighted by molar-refractivity contribution is 5.42. The first-order chi connectivity index (χ1) is 7.59. The normalized spacial score (nSPS) is 12.8. The third-order valence-electron chi connectivity index (χ3n) is 2.62. The fourth-order valence-corrected chi connectivity index (χ4v) is 1.91. The van der Waals surface area contributed by atoms with E-state index >= 15 is 0 Å². The van der Waals surface area contributed by atoms with Crippen LogP contribution in [0.15, 0.2) is 30.3 Å². The van der Waals surface area contributed by atoms with Gasteiger partial charge in [0.05, 0.1) is 17.5 Å². The number of nitrogens with zero attached hydrogens (tertiary/aromatic N) is 2. The van der Waals surface area contributed by atoms with Crippen molar-refractivity contribution in [1.29, 1.82) is 0 Å². The highest BCUT2D eigenvalue weighted by Crippen LogP contribution is 2.22. The van der Waals surface area contributed by atoms with E-state index in [9.17, 15) is 5.11 Å². The van der Waals surface area contributed by atoms with Gasteiger partial charge in [-0.15, -0.1) is 0 Å². The number of aliphatic hydroxyl groups excluding tert-OH is 1.